The van der Waals surface area contributed by atoms with E-state index in [4.69, 9.17) is 5.26 Å². The molecular weight excluding hydrogens is 227 g/mol. The van der Waals surface area contributed by atoms with Crippen molar-refractivity contribution in [3.63, 3.8) is 0 Å². The van der Waals surface area contributed by atoms with Crippen molar-refractivity contribution >= 4 is 11.4 Å². The van der Waals surface area contributed by atoms with Crippen LogP contribution in [0.15, 0.2) is 42.5 Å². The molecule has 0 radical (unpaired) electrons. The maximum Gasteiger partial charge on any atom is 0.143 e. The predicted molar refractivity (Wildman–Crippen MR) is 70.2 cm³/mol. The van der Waals surface area contributed by atoms with Crippen molar-refractivity contribution in [3.05, 3.63) is 59.4 Å². The van der Waals surface area contributed by atoms with Crippen molar-refractivity contribution in [3.8, 4) is 6.07 Å². The van der Waals surface area contributed by atoms with Gasteiger partial charge in [0.15, 0.2) is 0 Å². The molecule has 0 heterocycles. The quantitative estimate of drug-likeness (QED) is 0.880. The van der Waals surface area contributed by atoms with Crippen molar-refractivity contribution in [2.45, 2.75) is 13.3 Å². The van der Waals surface area contributed by atoms with Gasteiger partial charge in [0.1, 0.15) is 11.9 Å². The fourth-order valence-corrected chi connectivity index (χ4v) is 1.72. The van der Waals surface area contributed by atoms with Gasteiger partial charge in [-0.25, -0.2) is 4.39 Å². The van der Waals surface area contributed by atoms with Crippen molar-refractivity contribution < 1.29 is 4.39 Å². The first-order valence-electron chi connectivity index (χ1n) is 5.78. The average Bonchev–Trinajstić information content (AvgIpc) is 2.39. The number of nitriles is 1. The second-order valence-electron chi connectivity index (χ2n) is 3.99. The van der Waals surface area contributed by atoms with Crippen LogP contribution in [0.3, 0.4) is 0 Å². The standard InChI is InChI=1S/C15H13FN2/c1-2-11-4-3-5-13(8-11)18-14-7-6-12(10-17)15(16)9-14/h3-9,18H,2H2,1H3. The number of halogens is 1. The molecule has 2 nitrogen and oxygen atoms in total. The zero-order valence-corrected chi connectivity index (χ0v) is 10.1. The van der Waals surface area contributed by atoms with Crippen LogP contribution in [0.2, 0.25) is 0 Å². The molecule has 2 aromatic carbocycles. The molecule has 3 heteroatoms. The van der Waals surface area contributed by atoms with Crippen LogP contribution in [0.4, 0.5) is 15.8 Å². The number of rotatable bonds is 3. The molecule has 1 N–H and O–H groups in total. The second-order valence-corrected chi connectivity index (χ2v) is 3.99. The summed E-state index contributed by atoms with van der Waals surface area (Å²) < 4.78 is 13.4. The highest BCUT2D eigenvalue weighted by Gasteiger charge is 2.03. The number of nitrogens with zero attached hydrogens (tertiary/aromatic N) is 1. The summed E-state index contributed by atoms with van der Waals surface area (Å²) in [7, 11) is 0. The summed E-state index contributed by atoms with van der Waals surface area (Å²) in [5, 5.41) is 11.8. The molecule has 0 unspecified atom stereocenters. The molecule has 0 atom stereocenters. The first-order chi connectivity index (χ1) is 8.72. The molecule has 0 aromatic heterocycles. The van der Waals surface area contributed by atoms with E-state index in [9.17, 15) is 4.39 Å². The maximum atomic E-state index is 13.4. The molecular formula is C15H13FN2. The van der Waals surface area contributed by atoms with Crippen LogP contribution in [0.25, 0.3) is 0 Å². The van der Waals surface area contributed by atoms with E-state index in [2.05, 4.69) is 12.2 Å². The molecule has 0 amide bonds. The highest BCUT2D eigenvalue weighted by atomic mass is 19.1. The lowest BCUT2D eigenvalue weighted by molar-refractivity contribution is 0.624. The highest BCUT2D eigenvalue weighted by Crippen LogP contribution is 2.20. The molecule has 2 aromatic rings. The maximum absolute atomic E-state index is 13.4. The molecule has 0 spiro atoms. The lowest BCUT2D eigenvalue weighted by atomic mass is 10.1. The van der Waals surface area contributed by atoms with Crippen LogP contribution in [-0.4, -0.2) is 0 Å². The fraction of sp³-hybridized carbons (Fsp3) is 0.133. The van der Waals surface area contributed by atoms with Gasteiger partial charge < -0.3 is 5.32 Å². The van der Waals surface area contributed by atoms with Crippen LogP contribution < -0.4 is 5.32 Å². The van der Waals surface area contributed by atoms with Crippen LogP contribution in [0.1, 0.15) is 18.1 Å². The average molecular weight is 240 g/mol. The molecule has 0 aliphatic heterocycles. The van der Waals surface area contributed by atoms with E-state index in [0.717, 1.165) is 12.1 Å². The summed E-state index contributed by atoms with van der Waals surface area (Å²) in [4.78, 5) is 0. The zero-order chi connectivity index (χ0) is 13.0. The van der Waals surface area contributed by atoms with E-state index in [1.165, 1.54) is 17.7 Å². The summed E-state index contributed by atoms with van der Waals surface area (Å²) in [5.74, 6) is -0.505. The molecule has 0 saturated carbocycles. The van der Waals surface area contributed by atoms with E-state index in [-0.39, 0.29) is 5.56 Å². The number of nitrogens with one attached hydrogen (secondary N) is 1. The van der Waals surface area contributed by atoms with Gasteiger partial charge in [-0.1, -0.05) is 19.1 Å². The molecule has 18 heavy (non-hydrogen) atoms. The Morgan fingerprint density at radius 2 is 1.94 bits per heavy atom. The number of hydrogen-bond acceptors (Lipinski definition) is 2. The van der Waals surface area contributed by atoms with Gasteiger partial charge in [0.25, 0.3) is 0 Å². The van der Waals surface area contributed by atoms with Gasteiger partial charge in [0.2, 0.25) is 0 Å². The van der Waals surface area contributed by atoms with Crippen molar-refractivity contribution in [1.29, 1.82) is 5.26 Å². The number of hydrogen-bond donors (Lipinski definition) is 1. The van der Waals surface area contributed by atoms with Crippen LogP contribution in [0, 0.1) is 17.1 Å². The number of anilines is 2. The Morgan fingerprint density at radius 1 is 1.17 bits per heavy atom. The third-order valence-corrected chi connectivity index (χ3v) is 2.71. The Balaban J connectivity index is 2.23. The molecule has 0 aliphatic rings. The van der Waals surface area contributed by atoms with Crippen molar-refractivity contribution in [2.24, 2.45) is 0 Å². The normalized spacial score (nSPS) is 9.83. The number of benzene rings is 2. The molecule has 0 bridgehead atoms. The van der Waals surface area contributed by atoms with Gasteiger partial charge in [0.05, 0.1) is 5.56 Å². The van der Waals surface area contributed by atoms with Gasteiger partial charge in [-0.05, 0) is 42.3 Å². The van der Waals surface area contributed by atoms with Gasteiger partial charge in [0, 0.05) is 11.4 Å². The Bertz CT molecular complexity index is 600. The minimum absolute atomic E-state index is 0.0582. The minimum Gasteiger partial charge on any atom is -0.355 e. The predicted octanol–water partition coefficient (Wildman–Crippen LogP) is 4.00. The van der Waals surface area contributed by atoms with E-state index in [0.29, 0.717) is 5.69 Å². The summed E-state index contributed by atoms with van der Waals surface area (Å²) >= 11 is 0. The summed E-state index contributed by atoms with van der Waals surface area (Å²) in [6.07, 6.45) is 0.956. The lowest BCUT2D eigenvalue weighted by Gasteiger charge is -2.08. The third kappa shape index (κ3) is 2.67. The van der Waals surface area contributed by atoms with E-state index in [1.807, 2.05) is 24.3 Å². The molecule has 0 saturated heterocycles. The largest absolute Gasteiger partial charge is 0.355 e. The topological polar surface area (TPSA) is 35.8 Å². The van der Waals surface area contributed by atoms with Crippen LogP contribution in [-0.2, 0) is 6.42 Å². The number of aryl methyl sites for hydroxylation is 1. The Morgan fingerprint density at radius 3 is 2.61 bits per heavy atom. The first kappa shape index (κ1) is 12.1. The summed E-state index contributed by atoms with van der Waals surface area (Å²) in [6.45, 7) is 2.08. The van der Waals surface area contributed by atoms with E-state index < -0.39 is 5.82 Å². The molecule has 2 rings (SSSR count). The third-order valence-electron chi connectivity index (χ3n) is 2.71. The Labute approximate surface area is 106 Å². The molecule has 90 valence electrons. The lowest BCUT2D eigenvalue weighted by Crippen LogP contribution is -1.93. The van der Waals surface area contributed by atoms with Gasteiger partial charge in [-0.3, -0.25) is 0 Å². The van der Waals surface area contributed by atoms with E-state index in [1.54, 1.807) is 12.1 Å². The van der Waals surface area contributed by atoms with Gasteiger partial charge in [-0.2, -0.15) is 5.26 Å². The fourth-order valence-electron chi connectivity index (χ4n) is 1.72. The Kier molecular flexibility index (Phi) is 3.59. The monoisotopic (exact) mass is 240 g/mol. The summed E-state index contributed by atoms with van der Waals surface area (Å²) in [6, 6.07) is 14.3. The molecule has 0 aliphatic carbocycles. The smallest absolute Gasteiger partial charge is 0.143 e. The SMILES string of the molecule is CCc1cccc(Nc2ccc(C#N)c(F)c2)c1. The minimum atomic E-state index is -0.505. The van der Waals surface area contributed by atoms with Crippen molar-refractivity contribution in [2.75, 3.05) is 5.32 Å². The highest BCUT2D eigenvalue weighted by molar-refractivity contribution is 5.61. The van der Waals surface area contributed by atoms with Crippen LogP contribution >= 0.6 is 0 Å². The Hall–Kier alpha value is -2.34. The zero-order valence-electron chi connectivity index (χ0n) is 10.1. The van der Waals surface area contributed by atoms with Gasteiger partial charge in [-0.15, -0.1) is 0 Å². The van der Waals surface area contributed by atoms with Crippen molar-refractivity contribution in [1.82, 2.24) is 0 Å². The molecule has 0 fully saturated rings. The second kappa shape index (κ2) is 5.33. The summed E-state index contributed by atoms with van der Waals surface area (Å²) in [5.41, 5.74) is 2.83. The van der Waals surface area contributed by atoms with E-state index >= 15 is 0 Å². The van der Waals surface area contributed by atoms with Crippen LogP contribution in [0.5, 0.6) is 0 Å². The first-order valence-corrected chi connectivity index (χ1v) is 5.78. The van der Waals surface area contributed by atoms with Gasteiger partial charge >= 0.3 is 0 Å².